The Morgan fingerprint density at radius 3 is 2.59 bits per heavy atom. The van der Waals surface area contributed by atoms with Crippen LogP contribution in [0.5, 0.6) is 0 Å². The Kier molecular flexibility index (Phi) is 3.24. The van der Waals surface area contributed by atoms with Crippen LogP contribution in [0.15, 0.2) is 30.7 Å². The van der Waals surface area contributed by atoms with E-state index in [0.29, 0.717) is 0 Å². The molecule has 17 heavy (non-hydrogen) atoms. The van der Waals surface area contributed by atoms with E-state index in [1.165, 1.54) is 18.5 Å². The molecule has 0 spiro atoms. The predicted octanol–water partition coefficient (Wildman–Crippen LogP) is 1.92. The smallest absolute Gasteiger partial charge is 0.275 e. The molecule has 2 heterocycles. The van der Waals surface area contributed by atoms with E-state index in [1.54, 1.807) is 0 Å². The molecule has 0 saturated carbocycles. The van der Waals surface area contributed by atoms with Gasteiger partial charge in [0.25, 0.3) is 5.91 Å². The Hall–Kier alpha value is -2.08. The molecule has 0 unspecified atom stereocenters. The van der Waals surface area contributed by atoms with Crippen molar-refractivity contribution < 1.29 is 9.18 Å². The fourth-order valence-electron chi connectivity index (χ4n) is 1.07. The summed E-state index contributed by atoms with van der Waals surface area (Å²) in [6, 6.07) is 2.42. The third-order valence-corrected chi connectivity index (χ3v) is 2.02. The van der Waals surface area contributed by atoms with Crippen molar-refractivity contribution in [2.75, 3.05) is 5.32 Å². The van der Waals surface area contributed by atoms with Gasteiger partial charge in [0.05, 0.1) is 18.6 Å². The minimum absolute atomic E-state index is 0.0863. The highest BCUT2D eigenvalue weighted by Crippen LogP contribution is 2.07. The van der Waals surface area contributed by atoms with Gasteiger partial charge in [-0.3, -0.25) is 4.79 Å². The highest BCUT2D eigenvalue weighted by atomic mass is 35.5. The summed E-state index contributed by atoms with van der Waals surface area (Å²) < 4.78 is 12.6. The van der Waals surface area contributed by atoms with Crippen molar-refractivity contribution in [3.05, 3.63) is 47.4 Å². The van der Waals surface area contributed by atoms with Gasteiger partial charge in [0.1, 0.15) is 16.7 Å². The van der Waals surface area contributed by atoms with Gasteiger partial charge in [-0.1, -0.05) is 11.6 Å². The predicted molar refractivity (Wildman–Crippen MR) is 59.2 cm³/mol. The van der Waals surface area contributed by atoms with Crippen LogP contribution in [-0.2, 0) is 0 Å². The number of aromatic nitrogens is 3. The van der Waals surface area contributed by atoms with Gasteiger partial charge >= 0.3 is 0 Å². The number of rotatable bonds is 2. The fraction of sp³-hybridized carbons (Fsp3) is 0. The molecule has 5 nitrogen and oxygen atoms in total. The third-order valence-electron chi connectivity index (χ3n) is 1.82. The lowest BCUT2D eigenvalue weighted by molar-refractivity contribution is 0.102. The quantitative estimate of drug-likeness (QED) is 0.887. The molecule has 0 saturated heterocycles. The van der Waals surface area contributed by atoms with E-state index in [9.17, 15) is 9.18 Å². The molecule has 0 aliphatic carbocycles. The first-order chi connectivity index (χ1) is 8.15. The second-order valence-corrected chi connectivity index (χ2v) is 3.43. The topological polar surface area (TPSA) is 67.8 Å². The molecule has 0 bridgehead atoms. The van der Waals surface area contributed by atoms with Crippen LogP contribution in [0, 0.1) is 5.82 Å². The van der Waals surface area contributed by atoms with Gasteiger partial charge in [-0.15, -0.1) is 0 Å². The van der Waals surface area contributed by atoms with Crippen molar-refractivity contribution in [2.45, 2.75) is 0 Å². The lowest BCUT2D eigenvalue weighted by Crippen LogP contribution is -2.14. The Balaban J connectivity index is 2.11. The standard InChI is InChI=1S/C10H6ClFN4O/c11-8-4-15-9(5-14-8)16-10(17)7-2-1-6(12)3-13-7/h1-5H,(H,15,16,17). The van der Waals surface area contributed by atoms with E-state index in [0.717, 1.165) is 12.3 Å². The van der Waals surface area contributed by atoms with Crippen molar-refractivity contribution in [2.24, 2.45) is 0 Å². The summed E-state index contributed by atoms with van der Waals surface area (Å²) in [4.78, 5) is 22.8. The van der Waals surface area contributed by atoms with Crippen LogP contribution in [0.1, 0.15) is 10.5 Å². The van der Waals surface area contributed by atoms with Crippen LogP contribution in [0.25, 0.3) is 0 Å². The molecule has 0 aliphatic rings. The number of hydrogen-bond donors (Lipinski definition) is 1. The summed E-state index contributed by atoms with van der Waals surface area (Å²) in [6.45, 7) is 0. The molecular weight excluding hydrogens is 247 g/mol. The van der Waals surface area contributed by atoms with Gasteiger partial charge in [-0.2, -0.15) is 0 Å². The first-order valence-electron chi connectivity index (χ1n) is 4.55. The SMILES string of the molecule is O=C(Nc1cnc(Cl)cn1)c1ccc(F)cn1. The molecule has 1 N–H and O–H groups in total. The third kappa shape index (κ3) is 2.94. The molecule has 0 fully saturated rings. The molecule has 0 aromatic carbocycles. The van der Waals surface area contributed by atoms with Gasteiger partial charge in [0.2, 0.25) is 0 Å². The summed E-state index contributed by atoms with van der Waals surface area (Å²) in [5, 5.41) is 2.67. The molecule has 86 valence electrons. The number of carbonyl (C=O) groups excluding carboxylic acids is 1. The average molecular weight is 253 g/mol. The first-order valence-corrected chi connectivity index (χ1v) is 4.93. The van der Waals surface area contributed by atoms with Crippen molar-refractivity contribution in [3.8, 4) is 0 Å². The Morgan fingerprint density at radius 1 is 1.18 bits per heavy atom. The Labute approximate surface area is 101 Å². The van der Waals surface area contributed by atoms with Crippen LogP contribution < -0.4 is 5.32 Å². The summed E-state index contributed by atoms with van der Waals surface area (Å²) in [6.07, 6.45) is 3.57. The zero-order chi connectivity index (χ0) is 12.3. The van der Waals surface area contributed by atoms with E-state index in [1.807, 2.05) is 0 Å². The number of nitrogens with one attached hydrogen (secondary N) is 1. The van der Waals surface area contributed by atoms with E-state index >= 15 is 0 Å². The molecule has 2 aromatic heterocycles. The number of halogens is 2. The zero-order valence-electron chi connectivity index (χ0n) is 8.39. The molecule has 1 amide bonds. The molecule has 2 aromatic rings. The zero-order valence-corrected chi connectivity index (χ0v) is 9.15. The number of pyridine rings is 1. The maximum Gasteiger partial charge on any atom is 0.275 e. The molecule has 7 heteroatoms. The number of amides is 1. The van der Waals surface area contributed by atoms with E-state index < -0.39 is 11.7 Å². The summed E-state index contributed by atoms with van der Waals surface area (Å²) in [5.74, 6) is -0.764. The minimum Gasteiger partial charge on any atom is -0.304 e. The number of carbonyl (C=O) groups is 1. The Bertz CT molecular complexity index is 529. The van der Waals surface area contributed by atoms with Crippen molar-refractivity contribution in [1.29, 1.82) is 0 Å². The van der Waals surface area contributed by atoms with Gasteiger partial charge in [0.15, 0.2) is 5.82 Å². The summed E-state index contributed by atoms with van der Waals surface area (Å²) in [5.41, 5.74) is 0.0863. The molecule has 2 rings (SSSR count). The average Bonchev–Trinajstić information content (AvgIpc) is 2.33. The van der Waals surface area contributed by atoms with Crippen LogP contribution in [-0.4, -0.2) is 20.9 Å². The number of nitrogens with zero attached hydrogens (tertiary/aromatic N) is 3. The normalized spacial score (nSPS) is 10.0. The van der Waals surface area contributed by atoms with Crippen molar-refractivity contribution >= 4 is 23.3 Å². The van der Waals surface area contributed by atoms with E-state index in [-0.39, 0.29) is 16.7 Å². The second-order valence-electron chi connectivity index (χ2n) is 3.04. The lowest BCUT2D eigenvalue weighted by atomic mass is 10.3. The molecular formula is C10H6ClFN4O. The monoisotopic (exact) mass is 252 g/mol. The largest absolute Gasteiger partial charge is 0.304 e. The minimum atomic E-state index is -0.507. The van der Waals surface area contributed by atoms with Crippen molar-refractivity contribution in [3.63, 3.8) is 0 Å². The van der Waals surface area contributed by atoms with Crippen LogP contribution in [0.4, 0.5) is 10.2 Å². The summed E-state index contributed by atoms with van der Waals surface area (Å²) >= 11 is 5.54. The van der Waals surface area contributed by atoms with E-state index in [2.05, 4.69) is 20.3 Å². The van der Waals surface area contributed by atoms with Crippen LogP contribution >= 0.6 is 11.6 Å². The fourth-order valence-corrected chi connectivity index (χ4v) is 1.16. The molecule has 0 atom stereocenters. The first kappa shape index (κ1) is 11.4. The number of anilines is 1. The molecule has 0 aliphatic heterocycles. The maximum absolute atomic E-state index is 12.6. The maximum atomic E-state index is 12.6. The Morgan fingerprint density at radius 2 is 2.00 bits per heavy atom. The van der Waals surface area contributed by atoms with Gasteiger partial charge in [-0.25, -0.2) is 19.3 Å². The highest BCUT2D eigenvalue weighted by Gasteiger charge is 2.08. The second kappa shape index (κ2) is 4.84. The van der Waals surface area contributed by atoms with Gasteiger partial charge in [-0.05, 0) is 12.1 Å². The van der Waals surface area contributed by atoms with Crippen LogP contribution in [0.2, 0.25) is 5.15 Å². The number of hydrogen-bond acceptors (Lipinski definition) is 4. The van der Waals surface area contributed by atoms with Gasteiger partial charge < -0.3 is 5.32 Å². The summed E-state index contributed by atoms with van der Waals surface area (Å²) in [7, 11) is 0. The molecule has 0 radical (unpaired) electrons. The van der Waals surface area contributed by atoms with Crippen molar-refractivity contribution in [1.82, 2.24) is 15.0 Å². The van der Waals surface area contributed by atoms with Crippen LogP contribution in [0.3, 0.4) is 0 Å². The van der Waals surface area contributed by atoms with E-state index in [4.69, 9.17) is 11.6 Å². The lowest BCUT2D eigenvalue weighted by Gasteiger charge is -2.02. The highest BCUT2D eigenvalue weighted by molar-refractivity contribution is 6.29. The van der Waals surface area contributed by atoms with Gasteiger partial charge in [0, 0.05) is 0 Å².